The molecule has 0 unspecified atom stereocenters. The number of phenols is 1. The maximum absolute atomic E-state index is 9.54. The van der Waals surface area contributed by atoms with E-state index in [1.165, 1.54) is 0 Å². The van der Waals surface area contributed by atoms with E-state index in [2.05, 4.69) is 12.2 Å². The van der Waals surface area contributed by atoms with Gasteiger partial charge in [0.05, 0.1) is 0 Å². The normalized spacial score (nSPS) is 17.0. The Kier molecular flexibility index (Phi) is 1.86. The van der Waals surface area contributed by atoms with Gasteiger partial charge in [-0.25, -0.2) is 0 Å². The van der Waals surface area contributed by atoms with Crippen molar-refractivity contribution in [2.75, 3.05) is 0 Å². The molecule has 1 nitrogen and oxygen atoms in total. The van der Waals surface area contributed by atoms with E-state index < -0.39 is 0 Å². The minimum atomic E-state index is 0.436. The van der Waals surface area contributed by atoms with E-state index in [1.54, 1.807) is 6.07 Å². The second-order valence-corrected chi connectivity index (χ2v) is 3.20. The van der Waals surface area contributed by atoms with Crippen LogP contribution in [0.15, 0.2) is 36.4 Å². The number of benzene rings is 1. The summed E-state index contributed by atoms with van der Waals surface area (Å²) in [5, 5.41) is 9.54. The van der Waals surface area contributed by atoms with E-state index in [1.807, 2.05) is 18.2 Å². The van der Waals surface area contributed by atoms with Crippen molar-refractivity contribution in [1.82, 2.24) is 0 Å². The van der Waals surface area contributed by atoms with Crippen LogP contribution in [0.5, 0.6) is 5.75 Å². The van der Waals surface area contributed by atoms with E-state index in [-0.39, 0.29) is 0 Å². The van der Waals surface area contributed by atoms with Crippen LogP contribution in [0.3, 0.4) is 0 Å². The van der Waals surface area contributed by atoms with Crippen LogP contribution in [0.4, 0.5) is 0 Å². The van der Waals surface area contributed by atoms with Crippen molar-refractivity contribution >= 4 is 0 Å². The second kappa shape index (κ2) is 3.02. The van der Waals surface area contributed by atoms with Crippen molar-refractivity contribution in [3.63, 3.8) is 0 Å². The van der Waals surface area contributed by atoms with Crippen molar-refractivity contribution in [3.05, 3.63) is 42.0 Å². The third-order valence-electron chi connectivity index (χ3n) is 2.38. The number of hydrogen-bond acceptors (Lipinski definition) is 1. The number of phenolic OH excluding ortho intramolecular Hbond substituents is 1. The number of aromatic hydroxyl groups is 1. The van der Waals surface area contributed by atoms with Crippen LogP contribution in [-0.2, 0) is 0 Å². The first-order valence-corrected chi connectivity index (χ1v) is 4.31. The van der Waals surface area contributed by atoms with E-state index >= 15 is 0 Å². The maximum atomic E-state index is 9.54. The fourth-order valence-corrected chi connectivity index (χ4v) is 1.70. The Morgan fingerprint density at radius 3 is 2.42 bits per heavy atom. The Morgan fingerprint density at radius 1 is 1.08 bits per heavy atom. The van der Waals surface area contributed by atoms with Crippen molar-refractivity contribution < 1.29 is 5.11 Å². The second-order valence-electron chi connectivity index (χ2n) is 3.20. The number of rotatable bonds is 1. The van der Waals surface area contributed by atoms with Gasteiger partial charge in [-0.1, -0.05) is 30.4 Å². The lowest BCUT2D eigenvalue weighted by Crippen LogP contribution is -1.92. The van der Waals surface area contributed by atoms with Crippen molar-refractivity contribution in [2.24, 2.45) is 0 Å². The lowest BCUT2D eigenvalue weighted by molar-refractivity contribution is 0.462. The first-order valence-electron chi connectivity index (χ1n) is 4.31. The first kappa shape index (κ1) is 7.41. The molecule has 1 N–H and O–H groups in total. The lowest BCUT2D eigenvalue weighted by atomic mass is 9.96. The number of para-hydroxylation sites is 1. The molecular weight excluding hydrogens is 148 g/mol. The van der Waals surface area contributed by atoms with Crippen LogP contribution in [0, 0.1) is 0 Å². The molecule has 1 aromatic carbocycles. The standard InChI is InChI=1S/C11H12O/c12-11-8-4-3-7-10(11)9-5-1-2-6-9/h1-4,7-9,12H,5-6H2. The molecular formula is C11H12O. The van der Waals surface area contributed by atoms with Crippen LogP contribution in [-0.4, -0.2) is 5.11 Å². The molecule has 1 aromatic rings. The van der Waals surface area contributed by atoms with Crippen LogP contribution in [0.2, 0.25) is 0 Å². The van der Waals surface area contributed by atoms with Gasteiger partial charge < -0.3 is 5.11 Å². The van der Waals surface area contributed by atoms with E-state index in [0.29, 0.717) is 11.7 Å². The Labute approximate surface area is 72.4 Å². The van der Waals surface area contributed by atoms with E-state index in [9.17, 15) is 5.11 Å². The summed E-state index contributed by atoms with van der Waals surface area (Å²) in [6, 6.07) is 7.61. The molecule has 62 valence electrons. The lowest BCUT2D eigenvalue weighted by Gasteiger charge is -2.10. The molecule has 0 saturated carbocycles. The molecule has 0 amide bonds. The molecule has 0 aliphatic heterocycles. The van der Waals surface area contributed by atoms with E-state index in [4.69, 9.17) is 0 Å². The minimum absolute atomic E-state index is 0.436. The molecule has 12 heavy (non-hydrogen) atoms. The summed E-state index contributed by atoms with van der Waals surface area (Å²) < 4.78 is 0. The molecule has 0 aromatic heterocycles. The average Bonchev–Trinajstić information content (AvgIpc) is 2.57. The molecule has 1 heteroatoms. The zero-order chi connectivity index (χ0) is 8.39. The highest BCUT2D eigenvalue weighted by molar-refractivity contribution is 5.36. The van der Waals surface area contributed by atoms with Crippen molar-refractivity contribution in [1.29, 1.82) is 0 Å². The van der Waals surface area contributed by atoms with Crippen LogP contribution >= 0.6 is 0 Å². The summed E-state index contributed by atoms with van der Waals surface area (Å²) in [5.74, 6) is 0.942. The largest absolute Gasteiger partial charge is 0.508 e. The fourth-order valence-electron chi connectivity index (χ4n) is 1.70. The van der Waals surface area contributed by atoms with Gasteiger partial charge in [0.2, 0.25) is 0 Å². The van der Waals surface area contributed by atoms with Crippen molar-refractivity contribution in [2.45, 2.75) is 18.8 Å². The molecule has 0 spiro atoms. The molecule has 0 heterocycles. The monoisotopic (exact) mass is 160 g/mol. The first-order chi connectivity index (χ1) is 5.88. The van der Waals surface area contributed by atoms with Gasteiger partial charge in [-0.05, 0) is 30.4 Å². The van der Waals surface area contributed by atoms with Gasteiger partial charge in [0, 0.05) is 0 Å². The van der Waals surface area contributed by atoms with Gasteiger partial charge >= 0.3 is 0 Å². The van der Waals surface area contributed by atoms with Crippen molar-refractivity contribution in [3.8, 4) is 5.75 Å². The van der Waals surface area contributed by atoms with Crippen LogP contribution < -0.4 is 0 Å². The zero-order valence-electron chi connectivity index (χ0n) is 6.90. The molecule has 1 aliphatic carbocycles. The Morgan fingerprint density at radius 2 is 1.75 bits per heavy atom. The molecule has 0 atom stereocenters. The maximum Gasteiger partial charge on any atom is 0.119 e. The van der Waals surface area contributed by atoms with Gasteiger partial charge in [0.1, 0.15) is 5.75 Å². The highest BCUT2D eigenvalue weighted by Crippen LogP contribution is 2.34. The summed E-state index contributed by atoms with van der Waals surface area (Å²) >= 11 is 0. The Hall–Kier alpha value is -1.24. The molecule has 1 aliphatic rings. The highest BCUT2D eigenvalue weighted by atomic mass is 16.3. The van der Waals surface area contributed by atoms with Gasteiger partial charge in [-0.15, -0.1) is 0 Å². The van der Waals surface area contributed by atoms with Gasteiger partial charge in [-0.2, -0.15) is 0 Å². The SMILES string of the molecule is Oc1ccccc1C1CC=CC1. The summed E-state index contributed by atoms with van der Waals surface area (Å²) in [6.45, 7) is 0. The number of allylic oxidation sites excluding steroid dienone is 2. The Balaban J connectivity index is 2.27. The quantitative estimate of drug-likeness (QED) is 0.626. The zero-order valence-corrected chi connectivity index (χ0v) is 6.90. The summed E-state index contributed by atoms with van der Waals surface area (Å²) in [7, 11) is 0. The van der Waals surface area contributed by atoms with Gasteiger partial charge in [0.25, 0.3) is 0 Å². The predicted molar refractivity (Wildman–Crippen MR) is 49.2 cm³/mol. The third kappa shape index (κ3) is 1.22. The summed E-state index contributed by atoms with van der Waals surface area (Å²) in [6.07, 6.45) is 6.49. The number of hydrogen-bond donors (Lipinski definition) is 1. The molecule has 0 saturated heterocycles. The summed E-state index contributed by atoms with van der Waals surface area (Å²) in [5.41, 5.74) is 1.09. The summed E-state index contributed by atoms with van der Waals surface area (Å²) in [4.78, 5) is 0. The minimum Gasteiger partial charge on any atom is -0.508 e. The highest BCUT2D eigenvalue weighted by Gasteiger charge is 2.15. The molecule has 0 radical (unpaired) electrons. The van der Waals surface area contributed by atoms with Crippen LogP contribution in [0.1, 0.15) is 24.3 Å². The van der Waals surface area contributed by atoms with Gasteiger partial charge in [-0.3, -0.25) is 0 Å². The molecule has 2 rings (SSSR count). The fraction of sp³-hybridized carbons (Fsp3) is 0.273. The molecule has 0 fully saturated rings. The van der Waals surface area contributed by atoms with E-state index in [0.717, 1.165) is 18.4 Å². The van der Waals surface area contributed by atoms with Crippen LogP contribution in [0.25, 0.3) is 0 Å². The topological polar surface area (TPSA) is 20.2 Å². The third-order valence-corrected chi connectivity index (χ3v) is 2.38. The smallest absolute Gasteiger partial charge is 0.119 e. The predicted octanol–water partition coefficient (Wildman–Crippen LogP) is 2.83. The Bertz CT molecular complexity index is 294. The average molecular weight is 160 g/mol. The van der Waals surface area contributed by atoms with Gasteiger partial charge in [0.15, 0.2) is 0 Å². The molecule has 0 bridgehead atoms.